The molecule has 108 valence electrons. The number of ether oxygens (including phenoxy) is 1. The maximum absolute atomic E-state index is 5.91. The number of hydrogen-bond donors (Lipinski definition) is 1. The molecule has 0 aliphatic heterocycles. The minimum Gasteiger partial charge on any atom is -0.493 e. The lowest BCUT2D eigenvalue weighted by Gasteiger charge is -2.20. The molecule has 0 bridgehead atoms. The highest BCUT2D eigenvalue weighted by molar-refractivity contribution is 6.30. The van der Waals surface area contributed by atoms with Gasteiger partial charge in [0.1, 0.15) is 5.69 Å². The second-order valence-electron chi connectivity index (χ2n) is 4.31. The van der Waals surface area contributed by atoms with E-state index in [9.17, 15) is 0 Å². The largest absolute Gasteiger partial charge is 0.493 e. The molecule has 2 rings (SSSR count). The Hall–Kier alpha value is -1.59. The lowest BCUT2D eigenvalue weighted by molar-refractivity contribution is 0.398. The van der Waals surface area contributed by atoms with Gasteiger partial charge in [0, 0.05) is 12.7 Å². The van der Waals surface area contributed by atoms with Crippen LogP contribution in [0.2, 0.25) is 5.02 Å². The van der Waals surface area contributed by atoms with E-state index in [4.69, 9.17) is 16.3 Å². The molecule has 0 saturated heterocycles. The Bertz CT molecular complexity index is 531. The highest BCUT2D eigenvalue weighted by atomic mass is 35.5. The van der Waals surface area contributed by atoms with Crippen molar-refractivity contribution in [2.75, 3.05) is 13.7 Å². The van der Waals surface area contributed by atoms with Gasteiger partial charge in [-0.3, -0.25) is 9.67 Å². The maximum Gasteiger partial charge on any atom is 0.161 e. The summed E-state index contributed by atoms with van der Waals surface area (Å²) in [4.78, 5) is 4.41. The van der Waals surface area contributed by atoms with Crippen LogP contribution < -0.4 is 10.1 Å². The molecule has 0 amide bonds. The second kappa shape index (κ2) is 6.72. The standard InChI is InChI=1S/C14H19ClN4O/c1-4-16-13(11-7-6-10(15)8-17-11)14-12(20-3)9-18-19(14)5-2/h6-9,13,16H,4-5H2,1-3H3. The van der Waals surface area contributed by atoms with Gasteiger partial charge in [0.05, 0.1) is 30.1 Å². The Morgan fingerprint density at radius 3 is 2.70 bits per heavy atom. The molecule has 0 radical (unpaired) electrons. The van der Waals surface area contributed by atoms with Crippen molar-refractivity contribution in [3.63, 3.8) is 0 Å². The Kier molecular flexibility index (Phi) is 4.98. The number of rotatable bonds is 6. The van der Waals surface area contributed by atoms with Crippen LogP contribution in [0.15, 0.2) is 24.5 Å². The summed E-state index contributed by atoms with van der Waals surface area (Å²) in [5.41, 5.74) is 1.87. The fourth-order valence-electron chi connectivity index (χ4n) is 2.18. The minimum atomic E-state index is -0.0744. The molecule has 1 N–H and O–H groups in total. The topological polar surface area (TPSA) is 52.0 Å². The van der Waals surface area contributed by atoms with Gasteiger partial charge in [-0.15, -0.1) is 0 Å². The van der Waals surface area contributed by atoms with E-state index >= 15 is 0 Å². The van der Waals surface area contributed by atoms with Crippen LogP contribution in [0.4, 0.5) is 0 Å². The first-order valence-corrected chi connectivity index (χ1v) is 7.03. The molecule has 0 aromatic carbocycles. The molecule has 2 heterocycles. The van der Waals surface area contributed by atoms with Crippen LogP contribution >= 0.6 is 11.6 Å². The third kappa shape index (κ3) is 2.94. The van der Waals surface area contributed by atoms with Gasteiger partial charge in [0.25, 0.3) is 0 Å². The van der Waals surface area contributed by atoms with E-state index in [1.54, 1.807) is 19.5 Å². The van der Waals surface area contributed by atoms with Crippen LogP contribution in [0.3, 0.4) is 0 Å². The third-order valence-electron chi connectivity index (χ3n) is 3.09. The molecule has 2 aromatic rings. The van der Waals surface area contributed by atoms with Crippen molar-refractivity contribution >= 4 is 11.6 Å². The second-order valence-corrected chi connectivity index (χ2v) is 4.74. The lowest BCUT2D eigenvalue weighted by atomic mass is 10.1. The van der Waals surface area contributed by atoms with Gasteiger partial charge in [0.15, 0.2) is 5.75 Å². The number of pyridine rings is 1. The summed E-state index contributed by atoms with van der Waals surface area (Å²) < 4.78 is 7.34. The summed E-state index contributed by atoms with van der Waals surface area (Å²) in [5.74, 6) is 0.759. The SMILES string of the molecule is CCNC(c1ccc(Cl)cn1)c1c(OC)cnn1CC. The summed E-state index contributed by atoms with van der Waals surface area (Å²) in [5, 5.41) is 8.40. The summed E-state index contributed by atoms with van der Waals surface area (Å²) in [6, 6.07) is 3.69. The average Bonchev–Trinajstić information content (AvgIpc) is 2.88. The van der Waals surface area contributed by atoms with Crippen molar-refractivity contribution < 1.29 is 4.74 Å². The Morgan fingerprint density at radius 1 is 1.35 bits per heavy atom. The van der Waals surface area contributed by atoms with Gasteiger partial charge < -0.3 is 10.1 Å². The summed E-state index contributed by atoms with van der Waals surface area (Å²) in [6.45, 7) is 5.69. The number of hydrogen-bond acceptors (Lipinski definition) is 4. The van der Waals surface area contributed by atoms with E-state index in [1.165, 1.54) is 0 Å². The van der Waals surface area contributed by atoms with Crippen molar-refractivity contribution in [1.82, 2.24) is 20.1 Å². The first-order chi connectivity index (χ1) is 9.71. The molecular weight excluding hydrogens is 276 g/mol. The van der Waals surface area contributed by atoms with Crippen molar-refractivity contribution in [2.24, 2.45) is 0 Å². The van der Waals surface area contributed by atoms with E-state index in [-0.39, 0.29) is 6.04 Å². The number of nitrogens with zero attached hydrogens (tertiary/aromatic N) is 3. The quantitative estimate of drug-likeness (QED) is 0.890. The number of aromatic nitrogens is 3. The normalized spacial score (nSPS) is 12.4. The molecule has 5 nitrogen and oxygen atoms in total. The molecule has 0 saturated carbocycles. The molecule has 0 aliphatic rings. The van der Waals surface area contributed by atoms with Crippen molar-refractivity contribution in [3.8, 4) is 5.75 Å². The first kappa shape index (κ1) is 14.8. The molecule has 1 atom stereocenters. The van der Waals surface area contributed by atoms with Crippen molar-refractivity contribution in [3.05, 3.63) is 40.9 Å². The highest BCUT2D eigenvalue weighted by Gasteiger charge is 2.23. The summed E-state index contributed by atoms with van der Waals surface area (Å²) in [7, 11) is 1.65. The maximum atomic E-state index is 5.91. The van der Waals surface area contributed by atoms with Crippen LogP contribution in [-0.4, -0.2) is 28.4 Å². The lowest BCUT2D eigenvalue weighted by Crippen LogP contribution is -2.26. The molecule has 2 aromatic heterocycles. The fourth-order valence-corrected chi connectivity index (χ4v) is 2.29. The smallest absolute Gasteiger partial charge is 0.161 e. The molecule has 1 unspecified atom stereocenters. The zero-order chi connectivity index (χ0) is 14.5. The van der Waals surface area contributed by atoms with E-state index in [0.717, 1.165) is 30.2 Å². The van der Waals surface area contributed by atoms with E-state index < -0.39 is 0 Å². The van der Waals surface area contributed by atoms with Gasteiger partial charge >= 0.3 is 0 Å². The van der Waals surface area contributed by atoms with Gasteiger partial charge in [-0.2, -0.15) is 5.10 Å². The predicted octanol–water partition coefficient (Wildman–Crippen LogP) is 2.66. The van der Waals surface area contributed by atoms with E-state index in [0.29, 0.717) is 5.02 Å². The molecule has 6 heteroatoms. The minimum absolute atomic E-state index is 0.0744. The van der Waals surface area contributed by atoms with Crippen LogP contribution in [0, 0.1) is 0 Å². The predicted molar refractivity (Wildman–Crippen MR) is 79.2 cm³/mol. The average molecular weight is 295 g/mol. The molecule has 0 spiro atoms. The highest BCUT2D eigenvalue weighted by Crippen LogP contribution is 2.29. The number of methoxy groups -OCH3 is 1. The van der Waals surface area contributed by atoms with E-state index in [2.05, 4.69) is 22.3 Å². The molecule has 0 fully saturated rings. The number of nitrogens with one attached hydrogen (secondary N) is 1. The zero-order valence-corrected chi connectivity index (χ0v) is 12.7. The summed E-state index contributed by atoms with van der Waals surface area (Å²) in [6.07, 6.45) is 3.39. The number of aryl methyl sites for hydroxylation is 1. The van der Waals surface area contributed by atoms with E-state index in [1.807, 2.05) is 23.7 Å². The van der Waals surface area contributed by atoms with Crippen molar-refractivity contribution in [2.45, 2.75) is 26.4 Å². The van der Waals surface area contributed by atoms with Crippen molar-refractivity contribution in [1.29, 1.82) is 0 Å². The van der Waals surface area contributed by atoms with Crippen LogP contribution in [-0.2, 0) is 6.54 Å². The Balaban J connectivity index is 2.47. The molecular formula is C14H19ClN4O. The zero-order valence-electron chi connectivity index (χ0n) is 11.9. The third-order valence-corrected chi connectivity index (χ3v) is 3.32. The number of halogens is 1. The van der Waals surface area contributed by atoms with Crippen LogP contribution in [0.25, 0.3) is 0 Å². The summed E-state index contributed by atoms with van der Waals surface area (Å²) >= 11 is 5.91. The van der Waals surface area contributed by atoms with Gasteiger partial charge in [-0.05, 0) is 25.6 Å². The fraction of sp³-hybridized carbons (Fsp3) is 0.429. The van der Waals surface area contributed by atoms with Gasteiger partial charge in [-0.25, -0.2) is 0 Å². The monoisotopic (exact) mass is 294 g/mol. The molecule has 0 aliphatic carbocycles. The van der Waals surface area contributed by atoms with Crippen LogP contribution in [0.5, 0.6) is 5.75 Å². The van der Waals surface area contributed by atoms with Gasteiger partial charge in [0.2, 0.25) is 0 Å². The Labute approximate surface area is 123 Å². The van der Waals surface area contributed by atoms with Gasteiger partial charge in [-0.1, -0.05) is 18.5 Å². The van der Waals surface area contributed by atoms with Crippen LogP contribution in [0.1, 0.15) is 31.3 Å². The molecule has 20 heavy (non-hydrogen) atoms. The Morgan fingerprint density at radius 2 is 2.15 bits per heavy atom. The first-order valence-electron chi connectivity index (χ1n) is 6.65.